The molecule has 57 heavy (non-hydrogen) atoms. The summed E-state index contributed by atoms with van der Waals surface area (Å²) >= 11 is 0. The van der Waals surface area contributed by atoms with Crippen LogP contribution >= 0.6 is 0 Å². The van der Waals surface area contributed by atoms with Crippen molar-refractivity contribution in [2.75, 3.05) is 24.6 Å². The van der Waals surface area contributed by atoms with Crippen LogP contribution in [-0.4, -0.2) is 74.7 Å². The molecule has 3 amide bonds. The lowest BCUT2D eigenvalue weighted by Gasteiger charge is -2.37. The molecule has 1 aromatic heterocycles. The number of nitrogens with one attached hydrogen (secondary N) is 3. The van der Waals surface area contributed by atoms with Crippen molar-refractivity contribution in [3.8, 4) is 22.5 Å². The van der Waals surface area contributed by atoms with E-state index < -0.39 is 17.2 Å². The van der Waals surface area contributed by atoms with Crippen molar-refractivity contribution >= 4 is 23.4 Å². The van der Waals surface area contributed by atoms with Crippen LogP contribution < -0.4 is 20.9 Å². The summed E-state index contributed by atoms with van der Waals surface area (Å²) in [6, 6.07) is 15.6. The fourth-order valence-electron chi connectivity index (χ4n) is 7.60. The number of fused-ring (bicyclic) bond motifs is 5. The summed E-state index contributed by atoms with van der Waals surface area (Å²) in [7, 11) is 0. The number of nitrogens with zero attached hydrogens (tertiary/aromatic N) is 4. The summed E-state index contributed by atoms with van der Waals surface area (Å²) in [5, 5.41) is 29.8. The summed E-state index contributed by atoms with van der Waals surface area (Å²) in [4.78, 5) is 42.2. The zero-order chi connectivity index (χ0) is 42.2. The first kappa shape index (κ1) is 45.6. The highest BCUT2D eigenvalue weighted by Gasteiger charge is 2.37. The fourth-order valence-corrected chi connectivity index (χ4v) is 7.60. The Morgan fingerprint density at radius 1 is 0.912 bits per heavy atom. The minimum Gasteiger partial charge on any atom is -0.375 e. The van der Waals surface area contributed by atoms with Crippen LogP contribution in [0.5, 0.6) is 0 Å². The summed E-state index contributed by atoms with van der Waals surface area (Å²) in [6.45, 7) is 24.3. The Kier molecular flexibility index (Phi) is 15.3. The number of aliphatic hydroxyl groups excluding tert-OH is 1. The van der Waals surface area contributed by atoms with Gasteiger partial charge in [0.1, 0.15) is 11.4 Å². The van der Waals surface area contributed by atoms with Gasteiger partial charge in [0.05, 0.1) is 17.8 Å². The van der Waals surface area contributed by atoms with Gasteiger partial charge < -0.3 is 30.7 Å². The normalized spacial score (nSPS) is 15.3. The highest BCUT2D eigenvalue weighted by atomic mass is 16.5. The third-order valence-electron chi connectivity index (χ3n) is 11.1. The minimum atomic E-state index is -0.950. The Morgan fingerprint density at radius 3 is 2.25 bits per heavy atom. The van der Waals surface area contributed by atoms with E-state index in [4.69, 9.17) is 4.74 Å². The number of para-hydroxylation sites is 1. The molecule has 3 aromatic rings. The number of amides is 3. The smallest absolute Gasteiger partial charge is 0.227 e. The molecule has 0 fully saturated rings. The van der Waals surface area contributed by atoms with Crippen molar-refractivity contribution in [3.63, 3.8) is 0 Å². The number of carbonyl (C=O) groups is 3. The number of ether oxygens (including phenoxy) is 1. The molecule has 0 saturated carbocycles. The molecule has 2 aromatic carbocycles. The first-order valence-corrected chi connectivity index (χ1v) is 20.8. The Bertz CT molecular complexity index is 1830. The molecule has 1 aliphatic heterocycles. The average Bonchev–Trinajstić information content (AvgIpc) is 3.57. The molecule has 314 valence electrons. The van der Waals surface area contributed by atoms with Gasteiger partial charge in [-0.05, 0) is 83.8 Å². The van der Waals surface area contributed by atoms with Crippen LogP contribution in [0.4, 0.5) is 5.69 Å². The monoisotopic (exact) mass is 788 g/mol. The molecule has 0 spiro atoms. The van der Waals surface area contributed by atoms with Crippen molar-refractivity contribution < 1.29 is 24.2 Å². The summed E-state index contributed by atoms with van der Waals surface area (Å²) in [5.41, 5.74) is 3.05. The summed E-state index contributed by atoms with van der Waals surface area (Å²) < 4.78 is 7.84. The number of benzene rings is 2. The van der Waals surface area contributed by atoms with Crippen LogP contribution in [0.2, 0.25) is 0 Å². The molecule has 3 atom stereocenters. The second-order valence-corrected chi connectivity index (χ2v) is 18.5. The van der Waals surface area contributed by atoms with Crippen molar-refractivity contribution in [2.45, 2.75) is 151 Å². The SMILES string of the molecule is CCC(C)NCC(O)n1nnc2c1-c1ccccc1CN(C(=O)CCC(=O)NCCC(C)(C)OCCC(C)(CC)C(=O)NC(C)(C)CC(C)(C)C)c1ccccc1-2. The summed E-state index contributed by atoms with van der Waals surface area (Å²) in [5.74, 6) is -0.350. The van der Waals surface area contributed by atoms with Gasteiger partial charge in [0.2, 0.25) is 17.7 Å². The first-order chi connectivity index (χ1) is 26.7. The van der Waals surface area contributed by atoms with E-state index in [1.807, 2.05) is 76.2 Å². The average molecular weight is 788 g/mol. The maximum atomic E-state index is 14.0. The van der Waals surface area contributed by atoms with Gasteiger partial charge in [-0.25, -0.2) is 4.68 Å². The number of hydrogen-bond donors (Lipinski definition) is 4. The van der Waals surface area contributed by atoms with Crippen molar-refractivity contribution in [1.29, 1.82) is 0 Å². The van der Waals surface area contributed by atoms with Gasteiger partial charge in [-0.3, -0.25) is 14.4 Å². The van der Waals surface area contributed by atoms with Crippen LogP contribution in [0.3, 0.4) is 0 Å². The van der Waals surface area contributed by atoms with E-state index in [2.05, 4.69) is 74.7 Å². The van der Waals surface area contributed by atoms with Crippen molar-refractivity contribution in [3.05, 3.63) is 54.1 Å². The molecule has 0 bridgehead atoms. The first-order valence-electron chi connectivity index (χ1n) is 20.8. The Balaban J connectivity index is 1.35. The number of hydrogen-bond acceptors (Lipinski definition) is 8. The number of aromatic nitrogens is 3. The zero-order valence-corrected chi connectivity index (χ0v) is 36.4. The van der Waals surface area contributed by atoms with E-state index in [0.29, 0.717) is 56.0 Å². The fraction of sp³-hybridized carbons (Fsp3) is 0.622. The van der Waals surface area contributed by atoms with Gasteiger partial charge in [-0.15, -0.1) is 5.10 Å². The van der Waals surface area contributed by atoms with Gasteiger partial charge in [-0.1, -0.05) is 89.2 Å². The van der Waals surface area contributed by atoms with Crippen LogP contribution in [0.1, 0.15) is 133 Å². The Hall–Kier alpha value is -4.13. The molecule has 0 radical (unpaired) electrons. The van der Waals surface area contributed by atoms with E-state index in [9.17, 15) is 19.5 Å². The predicted molar refractivity (Wildman–Crippen MR) is 227 cm³/mol. The maximum absolute atomic E-state index is 14.0. The van der Waals surface area contributed by atoms with E-state index in [-0.39, 0.29) is 54.1 Å². The standard InChI is InChI=1S/C45H69N7O5/c1-12-31(3)47-28-38(55)52-40-33-19-15-14-18-32(33)29-51(35-21-17-16-20-34(35)39(40)49-50-52)37(54)23-22-36(53)46-26-24-44(9,10)57-27-25-45(11,13-2)41(56)48-43(7,8)30-42(4,5)6/h14-21,31,38,47,55H,12-13,22-30H2,1-11H3,(H,46,53)(H,48,56). The predicted octanol–water partition coefficient (Wildman–Crippen LogP) is 7.56. The largest absolute Gasteiger partial charge is 0.375 e. The molecule has 4 N–H and O–H groups in total. The third-order valence-corrected chi connectivity index (χ3v) is 11.1. The zero-order valence-electron chi connectivity index (χ0n) is 36.4. The van der Waals surface area contributed by atoms with Crippen LogP contribution in [0.25, 0.3) is 22.5 Å². The highest BCUT2D eigenvalue weighted by molar-refractivity contribution is 6.01. The molecule has 3 unspecified atom stereocenters. The van der Waals surface area contributed by atoms with E-state index in [0.717, 1.165) is 29.5 Å². The molecule has 12 nitrogen and oxygen atoms in total. The molecular formula is C45H69N7O5. The van der Waals surface area contributed by atoms with Crippen molar-refractivity contribution in [1.82, 2.24) is 30.9 Å². The van der Waals surface area contributed by atoms with E-state index >= 15 is 0 Å². The molecule has 2 heterocycles. The quantitative estimate of drug-likeness (QED) is 0.0973. The van der Waals surface area contributed by atoms with Gasteiger partial charge in [-0.2, -0.15) is 0 Å². The number of anilines is 1. The molecule has 4 rings (SSSR count). The highest BCUT2D eigenvalue weighted by Crippen LogP contribution is 2.42. The number of aliphatic hydroxyl groups is 1. The summed E-state index contributed by atoms with van der Waals surface area (Å²) in [6.07, 6.45) is 2.75. The Labute approximate surface area is 340 Å². The van der Waals surface area contributed by atoms with Gasteiger partial charge in [0.25, 0.3) is 0 Å². The Morgan fingerprint density at radius 2 is 1.58 bits per heavy atom. The van der Waals surface area contributed by atoms with Crippen LogP contribution in [0, 0.1) is 10.8 Å². The molecule has 12 heteroatoms. The van der Waals surface area contributed by atoms with Crippen molar-refractivity contribution in [2.24, 2.45) is 10.8 Å². The van der Waals surface area contributed by atoms with Gasteiger partial charge in [0, 0.05) is 60.7 Å². The lowest BCUT2D eigenvalue weighted by atomic mass is 9.79. The third kappa shape index (κ3) is 12.4. The second-order valence-electron chi connectivity index (χ2n) is 18.5. The van der Waals surface area contributed by atoms with Gasteiger partial charge >= 0.3 is 0 Å². The minimum absolute atomic E-state index is 0.0198. The van der Waals surface area contributed by atoms with Crippen LogP contribution in [-0.2, 0) is 25.7 Å². The molecule has 1 aliphatic rings. The van der Waals surface area contributed by atoms with E-state index in [1.165, 1.54) is 0 Å². The molecule has 0 aliphatic carbocycles. The van der Waals surface area contributed by atoms with Crippen LogP contribution in [0.15, 0.2) is 48.5 Å². The second kappa shape index (κ2) is 19.1. The molecule has 0 saturated heterocycles. The number of rotatable bonds is 19. The molecular weight excluding hydrogens is 719 g/mol. The lowest BCUT2D eigenvalue weighted by molar-refractivity contribution is -0.135. The topological polar surface area (TPSA) is 151 Å². The number of carbonyl (C=O) groups excluding carboxylic acids is 3. The maximum Gasteiger partial charge on any atom is 0.227 e. The van der Waals surface area contributed by atoms with Gasteiger partial charge in [0.15, 0.2) is 6.23 Å². The van der Waals surface area contributed by atoms with E-state index in [1.54, 1.807) is 9.58 Å². The lowest BCUT2D eigenvalue weighted by Crippen LogP contribution is -2.51.